The van der Waals surface area contributed by atoms with Gasteiger partial charge in [0, 0.05) is 11.1 Å². The van der Waals surface area contributed by atoms with Crippen molar-refractivity contribution in [2.75, 3.05) is 0 Å². The van der Waals surface area contributed by atoms with E-state index < -0.39 is 5.56 Å². The van der Waals surface area contributed by atoms with Gasteiger partial charge in [-0.3, -0.25) is 4.79 Å². The molecule has 94 valence electrons. The zero-order valence-corrected chi connectivity index (χ0v) is 11.0. The van der Waals surface area contributed by atoms with E-state index in [0.29, 0.717) is 10.7 Å². The molecule has 2 aromatic rings. The maximum Gasteiger partial charge on any atom is 0.275 e. The van der Waals surface area contributed by atoms with E-state index in [4.69, 9.17) is 23.2 Å². The van der Waals surface area contributed by atoms with E-state index in [1.807, 2.05) is 0 Å². The lowest BCUT2D eigenvalue weighted by Gasteiger charge is -2.10. The Morgan fingerprint density at radius 3 is 2.83 bits per heavy atom. The van der Waals surface area contributed by atoms with Gasteiger partial charge in [-0.25, -0.2) is 0 Å². The van der Waals surface area contributed by atoms with Crippen LogP contribution in [-0.4, -0.2) is 14.9 Å². The molecule has 0 amide bonds. The van der Waals surface area contributed by atoms with Crippen molar-refractivity contribution in [3.8, 4) is 11.4 Å². The van der Waals surface area contributed by atoms with Crippen LogP contribution in [-0.2, 0) is 5.88 Å². The van der Waals surface area contributed by atoms with E-state index in [2.05, 4.69) is 5.10 Å². The summed E-state index contributed by atoms with van der Waals surface area (Å²) in [4.78, 5) is 11.8. The number of alkyl halides is 1. The number of nitrogens with zero attached hydrogens (tertiary/aromatic N) is 2. The molecule has 0 radical (unpaired) electrons. The quantitative estimate of drug-likeness (QED) is 0.863. The smallest absolute Gasteiger partial charge is 0.275 e. The molecule has 18 heavy (non-hydrogen) atoms. The lowest BCUT2D eigenvalue weighted by Crippen LogP contribution is -2.22. The average molecular weight is 285 g/mol. The third kappa shape index (κ3) is 2.21. The molecule has 0 saturated heterocycles. The predicted octanol–water partition coefficient (Wildman–Crippen LogP) is 2.64. The first-order valence-corrected chi connectivity index (χ1v) is 6.09. The fourth-order valence-corrected chi connectivity index (χ4v) is 1.94. The Morgan fingerprint density at radius 1 is 1.44 bits per heavy atom. The van der Waals surface area contributed by atoms with Gasteiger partial charge in [0.1, 0.15) is 11.4 Å². The lowest BCUT2D eigenvalue weighted by atomic mass is 10.2. The summed E-state index contributed by atoms with van der Waals surface area (Å²) in [6.07, 6.45) is 0. The fourth-order valence-electron chi connectivity index (χ4n) is 1.58. The zero-order valence-electron chi connectivity index (χ0n) is 9.52. The number of aromatic nitrogens is 2. The minimum Gasteiger partial charge on any atom is -0.506 e. The first kappa shape index (κ1) is 12.9. The van der Waals surface area contributed by atoms with Gasteiger partial charge in [0.25, 0.3) is 5.56 Å². The Bertz CT molecular complexity index is 653. The largest absolute Gasteiger partial charge is 0.506 e. The van der Waals surface area contributed by atoms with E-state index >= 15 is 0 Å². The Hall–Kier alpha value is -1.52. The van der Waals surface area contributed by atoms with Crippen LogP contribution in [0.3, 0.4) is 0 Å². The van der Waals surface area contributed by atoms with Crippen LogP contribution in [0.15, 0.2) is 29.1 Å². The highest BCUT2D eigenvalue weighted by molar-refractivity contribution is 6.31. The van der Waals surface area contributed by atoms with Crippen LogP contribution in [0.4, 0.5) is 0 Å². The molecule has 0 atom stereocenters. The first-order valence-electron chi connectivity index (χ1n) is 5.18. The summed E-state index contributed by atoms with van der Waals surface area (Å²) in [6.45, 7) is 1.79. The van der Waals surface area contributed by atoms with Crippen molar-refractivity contribution in [1.82, 2.24) is 9.78 Å². The molecule has 0 unspecified atom stereocenters. The first-order chi connectivity index (χ1) is 8.54. The summed E-state index contributed by atoms with van der Waals surface area (Å²) in [5, 5.41) is 14.1. The second-order valence-electron chi connectivity index (χ2n) is 3.74. The predicted molar refractivity (Wildman–Crippen MR) is 70.8 cm³/mol. The molecule has 1 aromatic heterocycles. The highest BCUT2D eigenvalue weighted by atomic mass is 35.5. The monoisotopic (exact) mass is 284 g/mol. The van der Waals surface area contributed by atoms with Crippen LogP contribution in [0.2, 0.25) is 5.02 Å². The normalized spacial score (nSPS) is 10.6. The van der Waals surface area contributed by atoms with Gasteiger partial charge in [-0.05, 0) is 24.6 Å². The number of benzene rings is 1. The van der Waals surface area contributed by atoms with Gasteiger partial charge >= 0.3 is 0 Å². The third-order valence-corrected chi connectivity index (χ3v) is 3.24. The summed E-state index contributed by atoms with van der Waals surface area (Å²) in [5.41, 5.74) is 1.11. The molecule has 1 N–H and O–H groups in total. The number of hydrogen-bond donors (Lipinski definition) is 1. The molecule has 6 heteroatoms. The highest BCUT2D eigenvalue weighted by Crippen LogP contribution is 2.21. The number of halogens is 2. The zero-order chi connectivity index (χ0) is 13.3. The van der Waals surface area contributed by atoms with E-state index in [1.54, 1.807) is 25.1 Å². The summed E-state index contributed by atoms with van der Waals surface area (Å²) in [5.74, 6) is -0.183. The Kier molecular flexibility index (Phi) is 3.59. The van der Waals surface area contributed by atoms with E-state index in [9.17, 15) is 9.90 Å². The molecule has 1 aromatic carbocycles. The summed E-state index contributed by atoms with van der Waals surface area (Å²) < 4.78 is 1.18. The van der Waals surface area contributed by atoms with Crippen LogP contribution in [0, 0.1) is 6.92 Å². The number of rotatable bonds is 2. The molecule has 1 heterocycles. The van der Waals surface area contributed by atoms with Crippen molar-refractivity contribution in [2.24, 2.45) is 0 Å². The van der Waals surface area contributed by atoms with Gasteiger partial charge < -0.3 is 5.11 Å². The Labute approximate surface area is 113 Å². The minimum atomic E-state index is -0.438. The van der Waals surface area contributed by atoms with Crippen molar-refractivity contribution in [3.05, 3.63) is 50.9 Å². The van der Waals surface area contributed by atoms with E-state index in [-0.39, 0.29) is 17.3 Å². The molecule has 0 saturated carbocycles. The van der Waals surface area contributed by atoms with Crippen LogP contribution in [0.1, 0.15) is 11.3 Å². The molecular formula is C12H10Cl2N2O2. The number of aromatic hydroxyl groups is 1. The Balaban J connectivity index is 2.71. The summed E-state index contributed by atoms with van der Waals surface area (Å²) in [7, 11) is 0. The van der Waals surface area contributed by atoms with Crippen LogP contribution in [0.5, 0.6) is 5.75 Å². The van der Waals surface area contributed by atoms with Gasteiger partial charge in [-0.2, -0.15) is 9.78 Å². The summed E-state index contributed by atoms with van der Waals surface area (Å²) >= 11 is 11.7. The fraction of sp³-hybridized carbons (Fsp3) is 0.167. The second kappa shape index (κ2) is 5.00. The highest BCUT2D eigenvalue weighted by Gasteiger charge is 2.11. The Morgan fingerprint density at radius 2 is 2.17 bits per heavy atom. The van der Waals surface area contributed by atoms with Crippen molar-refractivity contribution < 1.29 is 5.11 Å². The minimum absolute atomic E-state index is 0.0196. The molecule has 4 nitrogen and oxygen atoms in total. The molecule has 0 aliphatic carbocycles. The topological polar surface area (TPSA) is 55.1 Å². The molecule has 0 spiro atoms. The van der Waals surface area contributed by atoms with E-state index in [0.717, 1.165) is 11.6 Å². The molecule has 0 aliphatic rings. The van der Waals surface area contributed by atoms with Crippen molar-refractivity contribution in [3.63, 3.8) is 0 Å². The molecule has 2 rings (SSSR count). The van der Waals surface area contributed by atoms with Crippen molar-refractivity contribution >= 4 is 23.2 Å². The van der Waals surface area contributed by atoms with Gasteiger partial charge in [0.05, 0.1) is 11.6 Å². The molecule has 0 aliphatic heterocycles. The van der Waals surface area contributed by atoms with E-state index in [1.165, 1.54) is 4.68 Å². The standard InChI is InChI=1S/C12H10Cl2N2O2/c1-7-8(14)3-2-4-10(7)16-12(18)5-11(17)9(6-13)15-16/h2-5,17H,6H2,1H3. The lowest BCUT2D eigenvalue weighted by molar-refractivity contribution is 0.460. The summed E-state index contributed by atoms with van der Waals surface area (Å²) in [6, 6.07) is 6.27. The second-order valence-corrected chi connectivity index (χ2v) is 4.42. The van der Waals surface area contributed by atoms with Crippen LogP contribution < -0.4 is 5.56 Å². The maximum absolute atomic E-state index is 11.8. The number of hydrogen-bond acceptors (Lipinski definition) is 3. The van der Waals surface area contributed by atoms with Gasteiger partial charge in [-0.15, -0.1) is 11.6 Å². The maximum atomic E-state index is 11.8. The SMILES string of the molecule is Cc1c(Cl)cccc1-n1nc(CCl)c(O)cc1=O. The molecular weight excluding hydrogens is 275 g/mol. The average Bonchev–Trinajstić information content (AvgIpc) is 2.34. The molecule has 0 fully saturated rings. The molecule has 0 bridgehead atoms. The third-order valence-electron chi connectivity index (χ3n) is 2.58. The van der Waals surface area contributed by atoms with Gasteiger partial charge in [0.15, 0.2) is 0 Å². The van der Waals surface area contributed by atoms with Crippen LogP contribution >= 0.6 is 23.2 Å². The van der Waals surface area contributed by atoms with Gasteiger partial charge in [0.2, 0.25) is 0 Å². The van der Waals surface area contributed by atoms with Crippen molar-refractivity contribution in [2.45, 2.75) is 12.8 Å². The van der Waals surface area contributed by atoms with Crippen molar-refractivity contribution in [1.29, 1.82) is 0 Å². The van der Waals surface area contributed by atoms with Crippen LogP contribution in [0.25, 0.3) is 5.69 Å². The van der Waals surface area contributed by atoms with Gasteiger partial charge in [-0.1, -0.05) is 17.7 Å².